The molecule has 0 radical (unpaired) electrons. The maximum absolute atomic E-state index is 13.2. The van der Waals surface area contributed by atoms with Gasteiger partial charge in [-0.2, -0.15) is 0 Å². The number of anilines is 1. The Balaban J connectivity index is 1.77. The molecule has 0 unspecified atom stereocenters. The van der Waals surface area contributed by atoms with Gasteiger partial charge in [0.15, 0.2) is 0 Å². The predicted octanol–water partition coefficient (Wildman–Crippen LogP) is 1.81. The minimum Gasteiger partial charge on any atom is -0.478 e. The molecule has 3 rings (SSSR count). The van der Waals surface area contributed by atoms with Gasteiger partial charge in [0.1, 0.15) is 5.82 Å². The van der Waals surface area contributed by atoms with E-state index in [9.17, 15) is 9.18 Å². The maximum Gasteiger partial charge on any atom is 0.337 e. The number of piperazine rings is 1. The average molecular weight is 264 g/mol. The summed E-state index contributed by atoms with van der Waals surface area (Å²) in [5.74, 6) is -1.57. The van der Waals surface area contributed by atoms with Crippen molar-refractivity contribution in [2.45, 2.75) is 18.9 Å². The van der Waals surface area contributed by atoms with Crippen molar-refractivity contribution < 1.29 is 14.3 Å². The summed E-state index contributed by atoms with van der Waals surface area (Å²) in [5.41, 5.74) is 0.684. The summed E-state index contributed by atoms with van der Waals surface area (Å²) in [6.45, 7) is 3.53. The Morgan fingerprint density at radius 2 is 1.89 bits per heavy atom. The fourth-order valence-corrected chi connectivity index (χ4v) is 2.72. The van der Waals surface area contributed by atoms with Crippen LogP contribution in [0.3, 0.4) is 0 Å². The van der Waals surface area contributed by atoms with Crippen molar-refractivity contribution in [2.75, 3.05) is 31.1 Å². The zero-order valence-electron chi connectivity index (χ0n) is 10.7. The Labute approximate surface area is 111 Å². The summed E-state index contributed by atoms with van der Waals surface area (Å²) in [7, 11) is 0. The number of hydrogen-bond donors (Lipinski definition) is 1. The second-order valence-electron chi connectivity index (χ2n) is 5.22. The Morgan fingerprint density at radius 1 is 1.21 bits per heavy atom. The van der Waals surface area contributed by atoms with Gasteiger partial charge >= 0.3 is 5.97 Å². The molecule has 1 heterocycles. The SMILES string of the molecule is O=C(O)c1cc(F)ccc1N1CCN(C2CC2)CC1. The van der Waals surface area contributed by atoms with E-state index in [4.69, 9.17) is 5.11 Å². The molecule has 19 heavy (non-hydrogen) atoms. The zero-order valence-corrected chi connectivity index (χ0v) is 10.7. The van der Waals surface area contributed by atoms with E-state index in [1.807, 2.05) is 4.90 Å². The molecular formula is C14H17FN2O2. The number of nitrogens with zero attached hydrogens (tertiary/aromatic N) is 2. The lowest BCUT2D eigenvalue weighted by Crippen LogP contribution is -2.47. The van der Waals surface area contributed by atoms with E-state index >= 15 is 0 Å². The van der Waals surface area contributed by atoms with Crippen LogP contribution in [0.1, 0.15) is 23.2 Å². The van der Waals surface area contributed by atoms with Crippen molar-refractivity contribution in [3.05, 3.63) is 29.6 Å². The topological polar surface area (TPSA) is 43.8 Å². The highest BCUT2D eigenvalue weighted by Gasteiger charge is 2.31. The molecular weight excluding hydrogens is 247 g/mol. The van der Waals surface area contributed by atoms with Crippen LogP contribution in [0.5, 0.6) is 0 Å². The van der Waals surface area contributed by atoms with Crippen LogP contribution in [0.25, 0.3) is 0 Å². The zero-order chi connectivity index (χ0) is 13.4. The number of hydrogen-bond acceptors (Lipinski definition) is 3. The van der Waals surface area contributed by atoms with Crippen LogP contribution in [-0.2, 0) is 0 Å². The normalized spacial score (nSPS) is 20.6. The number of aromatic carboxylic acids is 1. The van der Waals surface area contributed by atoms with Crippen molar-refractivity contribution in [3.63, 3.8) is 0 Å². The van der Waals surface area contributed by atoms with E-state index in [2.05, 4.69) is 4.90 Å². The highest BCUT2D eigenvalue weighted by molar-refractivity contribution is 5.94. The minimum absolute atomic E-state index is 0.0554. The molecule has 1 N–H and O–H groups in total. The van der Waals surface area contributed by atoms with Crippen LogP contribution in [-0.4, -0.2) is 48.2 Å². The van der Waals surface area contributed by atoms with E-state index in [0.717, 1.165) is 38.3 Å². The van der Waals surface area contributed by atoms with Gasteiger partial charge in [0.25, 0.3) is 0 Å². The van der Waals surface area contributed by atoms with E-state index in [0.29, 0.717) is 5.69 Å². The first-order valence-electron chi connectivity index (χ1n) is 6.67. The summed E-state index contributed by atoms with van der Waals surface area (Å²) in [6, 6.07) is 4.75. The number of carboxylic acid groups (broad SMARTS) is 1. The quantitative estimate of drug-likeness (QED) is 0.904. The smallest absolute Gasteiger partial charge is 0.337 e. The Hall–Kier alpha value is -1.62. The lowest BCUT2D eigenvalue weighted by Gasteiger charge is -2.36. The second-order valence-corrected chi connectivity index (χ2v) is 5.22. The van der Waals surface area contributed by atoms with Crippen LogP contribution < -0.4 is 4.90 Å². The van der Waals surface area contributed by atoms with Gasteiger partial charge in [0, 0.05) is 32.2 Å². The Bertz CT molecular complexity index is 494. The summed E-state index contributed by atoms with van der Waals surface area (Å²) in [6.07, 6.45) is 2.58. The van der Waals surface area contributed by atoms with Crippen LogP contribution >= 0.6 is 0 Å². The molecule has 2 aliphatic rings. The maximum atomic E-state index is 13.2. The third-order valence-electron chi connectivity index (χ3n) is 3.91. The van der Waals surface area contributed by atoms with Crippen LogP contribution in [0.15, 0.2) is 18.2 Å². The fraction of sp³-hybridized carbons (Fsp3) is 0.500. The van der Waals surface area contributed by atoms with Crippen molar-refractivity contribution in [2.24, 2.45) is 0 Å². The van der Waals surface area contributed by atoms with Gasteiger partial charge in [-0.3, -0.25) is 4.90 Å². The highest BCUT2D eigenvalue weighted by Crippen LogP contribution is 2.29. The lowest BCUT2D eigenvalue weighted by atomic mass is 10.1. The molecule has 0 atom stereocenters. The Morgan fingerprint density at radius 3 is 2.47 bits per heavy atom. The number of carboxylic acids is 1. The van der Waals surface area contributed by atoms with Crippen molar-refractivity contribution in [1.29, 1.82) is 0 Å². The molecule has 1 aliphatic carbocycles. The first kappa shape index (κ1) is 12.4. The average Bonchev–Trinajstić information content (AvgIpc) is 3.23. The number of carbonyl (C=O) groups is 1. The highest BCUT2D eigenvalue weighted by atomic mass is 19.1. The molecule has 1 aromatic rings. The van der Waals surface area contributed by atoms with Gasteiger partial charge in [-0.25, -0.2) is 9.18 Å². The molecule has 0 spiro atoms. The first-order valence-corrected chi connectivity index (χ1v) is 6.67. The first-order chi connectivity index (χ1) is 9.15. The molecule has 0 bridgehead atoms. The summed E-state index contributed by atoms with van der Waals surface area (Å²) < 4.78 is 13.2. The fourth-order valence-electron chi connectivity index (χ4n) is 2.72. The molecule has 0 amide bonds. The van der Waals surface area contributed by atoms with Crippen molar-refractivity contribution >= 4 is 11.7 Å². The van der Waals surface area contributed by atoms with Crippen LogP contribution in [0.2, 0.25) is 0 Å². The lowest BCUT2D eigenvalue weighted by molar-refractivity contribution is 0.0696. The molecule has 1 aromatic carbocycles. The molecule has 1 saturated carbocycles. The molecule has 1 saturated heterocycles. The number of benzene rings is 1. The monoisotopic (exact) mass is 264 g/mol. The standard InChI is InChI=1S/C14H17FN2O2/c15-10-1-4-13(12(9-10)14(18)19)17-7-5-16(6-8-17)11-2-3-11/h1,4,9,11H,2-3,5-8H2,(H,18,19). The Kier molecular flexibility index (Phi) is 3.14. The molecule has 0 aromatic heterocycles. The van der Waals surface area contributed by atoms with E-state index in [1.165, 1.54) is 18.9 Å². The largest absolute Gasteiger partial charge is 0.478 e. The summed E-state index contributed by atoms with van der Waals surface area (Å²) in [5, 5.41) is 9.17. The summed E-state index contributed by atoms with van der Waals surface area (Å²) in [4.78, 5) is 15.7. The van der Waals surface area contributed by atoms with Gasteiger partial charge in [0.2, 0.25) is 0 Å². The van der Waals surface area contributed by atoms with E-state index in [-0.39, 0.29) is 5.56 Å². The predicted molar refractivity (Wildman–Crippen MR) is 70.2 cm³/mol. The van der Waals surface area contributed by atoms with Crippen LogP contribution in [0.4, 0.5) is 10.1 Å². The van der Waals surface area contributed by atoms with E-state index in [1.54, 1.807) is 6.07 Å². The summed E-state index contributed by atoms with van der Waals surface area (Å²) >= 11 is 0. The molecule has 2 fully saturated rings. The minimum atomic E-state index is -1.07. The third kappa shape index (κ3) is 2.56. The van der Waals surface area contributed by atoms with Gasteiger partial charge < -0.3 is 10.0 Å². The van der Waals surface area contributed by atoms with Gasteiger partial charge in [-0.1, -0.05) is 0 Å². The van der Waals surface area contributed by atoms with Crippen LogP contribution in [0, 0.1) is 5.82 Å². The second kappa shape index (κ2) is 4.81. The van der Waals surface area contributed by atoms with Crippen molar-refractivity contribution in [1.82, 2.24) is 4.90 Å². The van der Waals surface area contributed by atoms with Crippen molar-refractivity contribution in [3.8, 4) is 0 Å². The van der Waals surface area contributed by atoms with Gasteiger partial charge in [-0.15, -0.1) is 0 Å². The third-order valence-corrected chi connectivity index (χ3v) is 3.91. The van der Waals surface area contributed by atoms with Gasteiger partial charge in [-0.05, 0) is 31.0 Å². The molecule has 102 valence electrons. The number of rotatable bonds is 3. The molecule has 4 nitrogen and oxygen atoms in total. The van der Waals surface area contributed by atoms with Gasteiger partial charge in [0.05, 0.1) is 11.3 Å². The van der Waals surface area contributed by atoms with E-state index < -0.39 is 11.8 Å². The molecule has 1 aliphatic heterocycles. The number of halogens is 1. The molecule has 5 heteroatoms.